The van der Waals surface area contributed by atoms with Crippen molar-refractivity contribution in [1.82, 2.24) is 5.32 Å². The third kappa shape index (κ3) is 5.30. The highest BCUT2D eigenvalue weighted by molar-refractivity contribution is 9.10. The zero-order valence-corrected chi connectivity index (χ0v) is 13.7. The largest absolute Gasteiger partial charge is 0.495 e. The van der Waals surface area contributed by atoms with Crippen LogP contribution in [0.4, 0.5) is 5.69 Å². The van der Waals surface area contributed by atoms with Crippen LogP contribution in [-0.2, 0) is 9.53 Å². The Labute approximate surface area is 133 Å². The van der Waals surface area contributed by atoms with E-state index in [0.29, 0.717) is 24.5 Å². The van der Waals surface area contributed by atoms with Gasteiger partial charge >= 0.3 is 0 Å². The van der Waals surface area contributed by atoms with Gasteiger partial charge in [-0.15, -0.1) is 0 Å². The number of rotatable bonds is 6. The van der Waals surface area contributed by atoms with Crippen molar-refractivity contribution >= 4 is 27.5 Å². The molecule has 0 unspecified atom stereocenters. The van der Waals surface area contributed by atoms with E-state index in [4.69, 9.17) is 9.47 Å². The lowest BCUT2D eigenvalue weighted by Crippen LogP contribution is -2.33. The standard InChI is InChI=1S/C15H21BrN2O3/c1-20-14-3-2-11(16)10-13(14)18-15(19)6-9-21-12-4-7-17-8-5-12/h2-3,10,12,17H,4-9H2,1H3,(H,18,19). The molecule has 0 aromatic heterocycles. The van der Waals surface area contributed by atoms with Crippen LogP contribution < -0.4 is 15.4 Å². The van der Waals surface area contributed by atoms with Gasteiger partial charge in [-0.1, -0.05) is 15.9 Å². The van der Waals surface area contributed by atoms with Crippen molar-refractivity contribution in [3.05, 3.63) is 22.7 Å². The van der Waals surface area contributed by atoms with Crippen LogP contribution in [0.25, 0.3) is 0 Å². The minimum absolute atomic E-state index is 0.0691. The predicted molar refractivity (Wildman–Crippen MR) is 85.8 cm³/mol. The van der Waals surface area contributed by atoms with E-state index in [-0.39, 0.29) is 12.0 Å². The maximum absolute atomic E-state index is 12.0. The van der Waals surface area contributed by atoms with E-state index in [1.54, 1.807) is 7.11 Å². The number of ether oxygens (including phenoxy) is 2. The maximum Gasteiger partial charge on any atom is 0.226 e. The van der Waals surface area contributed by atoms with Gasteiger partial charge in [-0.3, -0.25) is 4.79 Å². The minimum Gasteiger partial charge on any atom is -0.495 e. The summed E-state index contributed by atoms with van der Waals surface area (Å²) in [6.07, 6.45) is 2.65. The molecule has 1 aliphatic heterocycles. The molecule has 0 atom stereocenters. The summed E-state index contributed by atoms with van der Waals surface area (Å²) in [6.45, 7) is 2.44. The summed E-state index contributed by atoms with van der Waals surface area (Å²) >= 11 is 3.38. The normalized spacial score (nSPS) is 15.7. The van der Waals surface area contributed by atoms with Crippen molar-refractivity contribution in [2.75, 3.05) is 32.1 Å². The Hall–Kier alpha value is -1.11. The Balaban J connectivity index is 1.77. The molecule has 0 aliphatic carbocycles. The number of carbonyl (C=O) groups is 1. The van der Waals surface area contributed by atoms with Gasteiger partial charge in [0, 0.05) is 4.47 Å². The molecule has 1 aromatic rings. The quantitative estimate of drug-likeness (QED) is 0.822. The highest BCUT2D eigenvalue weighted by atomic mass is 79.9. The van der Waals surface area contributed by atoms with E-state index in [1.165, 1.54) is 0 Å². The molecule has 1 heterocycles. The SMILES string of the molecule is COc1ccc(Br)cc1NC(=O)CCOC1CCNCC1. The topological polar surface area (TPSA) is 59.6 Å². The smallest absolute Gasteiger partial charge is 0.226 e. The molecule has 0 saturated carbocycles. The number of amides is 1. The van der Waals surface area contributed by atoms with Crippen molar-refractivity contribution in [2.24, 2.45) is 0 Å². The minimum atomic E-state index is -0.0691. The first-order chi connectivity index (χ1) is 10.2. The number of halogens is 1. The number of anilines is 1. The Morgan fingerprint density at radius 2 is 2.19 bits per heavy atom. The van der Waals surface area contributed by atoms with E-state index in [1.807, 2.05) is 18.2 Å². The lowest BCUT2D eigenvalue weighted by Gasteiger charge is -2.22. The summed E-state index contributed by atoms with van der Waals surface area (Å²) in [6, 6.07) is 5.50. The van der Waals surface area contributed by atoms with Gasteiger partial charge < -0.3 is 20.1 Å². The van der Waals surface area contributed by atoms with Gasteiger partial charge in [0.2, 0.25) is 5.91 Å². The third-order valence-corrected chi connectivity index (χ3v) is 3.90. The number of benzene rings is 1. The second-order valence-corrected chi connectivity index (χ2v) is 5.88. The van der Waals surface area contributed by atoms with Crippen LogP contribution in [0.5, 0.6) is 5.75 Å². The van der Waals surface area contributed by atoms with Crippen LogP contribution in [0.1, 0.15) is 19.3 Å². The van der Waals surface area contributed by atoms with Crippen LogP contribution in [0.3, 0.4) is 0 Å². The average Bonchev–Trinajstić information content (AvgIpc) is 2.48. The van der Waals surface area contributed by atoms with E-state index in [2.05, 4.69) is 26.6 Å². The van der Waals surface area contributed by atoms with Gasteiger partial charge in [0.05, 0.1) is 31.9 Å². The van der Waals surface area contributed by atoms with Crippen LogP contribution in [0, 0.1) is 0 Å². The van der Waals surface area contributed by atoms with Gasteiger partial charge in [-0.05, 0) is 44.1 Å². The fourth-order valence-electron chi connectivity index (χ4n) is 2.27. The average molecular weight is 357 g/mol. The molecular weight excluding hydrogens is 336 g/mol. The molecule has 116 valence electrons. The van der Waals surface area contributed by atoms with E-state index in [0.717, 1.165) is 30.4 Å². The van der Waals surface area contributed by atoms with Gasteiger partial charge in [0.25, 0.3) is 0 Å². The molecule has 1 amide bonds. The molecule has 1 saturated heterocycles. The summed E-state index contributed by atoms with van der Waals surface area (Å²) in [5, 5.41) is 6.14. The number of hydrogen-bond donors (Lipinski definition) is 2. The molecule has 1 aromatic carbocycles. The zero-order chi connectivity index (χ0) is 15.1. The number of hydrogen-bond acceptors (Lipinski definition) is 4. The fraction of sp³-hybridized carbons (Fsp3) is 0.533. The van der Waals surface area contributed by atoms with Gasteiger partial charge in [-0.2, -0.15) is 0 Å². The summed E-state index contributed by atoms with van der Waals surface area (Å²) in [7, 11) is 1.58. The zero-order valence-electron chi connectivity index (χ0n) is 12.2. The number of carbonyl (C=O) groups excluding carboxylic acids is 1. The lowest BCUT2D eigenvalue weighted by molar-refractivity contribution is -0.117. The first-order valence-corrected chi connectivity index (χ1v) is 7.94. The number of methoxy groups -OCH3 is 1. The van der Waals surface area contributed by atoms with Crippen molar-refractivity contribution in [3.8, 4) is 5.75 Å². The molecule has 5 nitrogen and oxygen atoms in total. The maximum atomic E-state index is 12.0. The van der Waals surface area contributed by atoms with Crippen molar-refractivity contribution in [1.29, 1.82) is 0 Å². The third-order valence-electron chi connectivity index (χ3n) is 3.40. The number of piperidine rings is 1. The van der Waals surface area contributed by atoms with Crippen molar-refractivity contribution in [2.45, 2.75) is 25.4 Å². The molecule has 0 spiro atoms. The van der Waals surface area contributed by atoms with Crippen LogP contribution in [0.15, 0.2) is 22.7 Å². The molecule has 0 bridgehead atoms. The molecule has 2 rings (SSSR count). The van der Waals surface area contributed by atoms with Gasteiger partial charge in [0.15, 0.2) is 0 Å². The van der Waals surface area contributed by atoms with E-state index < -0.39 is 0 Å². The molecule has 1 aliphatic rings. The van der Waals surface area contributed by atoms with Crippen molar-refractivity contribution in [3.63, 3.8) is 0 Å². The summed E-state index contributed by atoms with van der Waals surface area (Å²) in [5.74, 6) is 0.575. The predicted octanol–water partition coefficient (Wildman–Crippen LogP) is 2.55. The van der Waals surface area contributed by atoms with Gasteiger partial charge in [-0.25, -0.2) is 0 Å². The molecule has 21 heavy (non-hydrogen) atoms. The second-order valence-electron chi connectivity index (χ2n) is 4.96. The highest BCUT2D eigenvalue weighted by Gasteiger charge is 2.14. The lowest BCUT2D eigenvalue weighted by atomic mass is 10.1. The highest BCUT2D eigenvalue weighted by Crippen LogP contribution is 2.27. The van der Waals surface area contributed by atoms with Crippen LogP contribution >= 0.6 is 15.9 Å². The Morgan fingerprint density at radius 3 is 2.90 bits per heavy atom. The fourth-order valence-corrected chi connectivity index (χ4v) is 2.63. The first kappa shape index (κ1) is 16.3. The van der Waals surface area contributed by atoms with Crippen molar-refractivity contribution < 1.29 is 14.3 Å². The summed E-state index contributed by atoms with van der Waals surface area (Å²) in [4.78, 5) is 12.0. The van der Waals surface area contributed by atoms with E-state index in [9.17, 15) is 4.79 Å². The monoisotopic (exact) mass is 356 g/mol. The van der Waals surface area contributed by atoms with E-state index >= 15 is 0 Å². The molecule has 6 heteroatoms. The molecule has 0 radical (unpaired) electrons. The Bertz CT molecular complexity index is 476. The molecular formula is C15H21BrN2O3. The summed E-state index contributed by atoms with van der Waals surface area (Å²) < 4.78 is 11.9. The summed E-state index contributed by atoms with van der Waals surface area (Å²) in [5.41, 5.74) is 0.666. The van der Waals surface area contributed by atoms with Crippen LogP contribution in [-0.4, -0.2) is 38.8 Å². The Kier molecular flexibility index (Phi) is 6.48. The first-order valence-electron chi connectivity index (χ1n) is 7.15. The van der Waals surface area contributed by atoms with Gasteiger partial charge in [0.1, 0.15) is 5.75 Å². The number of nitrogens with one attached hydrogen (secondary N) is 2. The second kappa shape index (κ2) is 8.36. The molecule has 1 fully saturated rings. The van der Waals surface area contributed by atoms with Crippen LogP contribution in [0.2, 0.25) is 0 Å². The molecule has 2 N–H and O–H groups in total. The Morgan fingerprint density at radius 1 is 1.43 bits per heavy atom.